The van der Waals surface area contributed by atoms with Crippen LogP contribution in [-0.2, 0) is 0 Å². The highest BCUT2D eigenvalue weighted by atomic mass is 35.5. The number of hydrogen-bond acceptors (Lipinski definition) is 2. The lowest BCUT2D eigenvalue weighted by molar-refractivity contribution is 0.227. The Morgan fingerprint density at radius 2 is 1.78 bits per heavy atom. The molecule has 0 saturated carbocycles. The van der Waals surface area contributed by atoms with Gasteiger partial charge in [-0.2, -0.15) is 0 Å². The maximum absolute atomic E-state index is 10.3. The van der Waals surface area contributed by atoms with Crippen LogP contribution < -0.4 is 0 Å². The second-order valence-corrected chi connectivity index (χ2v) is 6.61. The van der Waals surface area contributed by atoms with Crippen molar-refractivity contribution < 1.29 is 5.11 Å². The molecule has 23 heavy (non-hydrogen) atoms. The van der Waals surface area contributed by atoms with Crippen LogP contribution in [0.25, 0.3) is 0 Å². The monoisotopic (exact) mass is 331 g/mol. The Hall–Kier alpha value is -1.51. The largest absolute Gasteiger partial charge is 0.508 e. The van der Waals surface area contributed by atoms with Gasteiger partial charge in [-0.05, 0) is 57.1 Å². The summed E-state index contributed by atoms with van der Waals surface area (Å²) in [5.41, 5.74) is 2.12. The number of nitrogens with zero attached hydrogens (tertiary/aromatic N) is 1. The minimum Gasteiger partial charge on any atom is -0.508 e. The van der Waals surface area contributed by atoms with Gasteiger partial charge in [0.2, 0.25) is 0 Å². The number of aromatic hydroxyl groups is 1. The lowest BCUT2D eigenvalue weighted by atomic mass is 9.87. The van der Waals surface area contributed by atoms with Crippen molar-refractivity contribution in [3.8, 4) is 5.75 Å². The van der Waals surface area contributed by atoms with E-state index in [1.165, 1.54) is 5.56 Å². The molecule has 3 heteroatoms. The fourth-order valence-electron chi connectivity index (χ4n) is 3.07. The molecule has 2 aromatic carbocycles. The Balaban J connectivity index is 2.31. The summed E-state index contributed by atoms with van der Waals surface area (Å²) >= 11 is 6.17. The van der Waals surface area contributed by atoms with Crippen LogP contribution in [0.5, 0.6) is 5.75 Å². The van der Waals surface area contributed by atoms with E-state index in [2.05, 4.69) is 37.8 Å². The first-order valence-corrected chi connectivity index (χ1v) is 8.68. The molecule has 0 saturated heterocycles. The lowest BCUT2D eigenvalue weighted by Gasteiger charge is -2.28. The summed E-state index contributed by atoms with van der Waals surface area (Å²) in [7, 11) is 0. The molecule has 0 aliphatic heterocycles. The number of rotatable bonds is 7. The molecule has 0 heterocycles. The summed E-state index contributed by atoms with van der Waals surface area (Å²) in [5.74, 6) is 0.457. The van der Waals surface area contributed by atoms with Gasteiger partial charge in [-0.15, -0.1) is 0 Å². The van der Waals surface area contributed by atoms with Gasteiger partial charge in [0.25, 0.3) is 0 Å². The molecule has 0 bridgehead atoms. The second-order valence-electron chi connectivity index (χ2n) is 6.18. The van der Waals surface area contributed by atoms with E-state index >= 15 is 0 Å². The molecular formula is C20H26ClNO. The Kier molecular flexibility index (Phi) is 6.49. The van der Waals surface area contributed by atoms with Gasteiger partial charge >= 0.3 is 0 Å². The first-order valence-electron chi connectivity index (χ1n) is 8.30. The highest BCUT2D eigenvalue weighted by molar-refractivity contribution is 6.30. The van der Waals surface area contributed by atoms with E-state index in [9.17, 15) is 5.11 Å². The maximum atomic E-state index is 10.3. The fourth-order valence-corrected chi connectivity index (χ4v) is 3.25. The molecule has 2 nitrogen and oxygen atoms in total. The van der Waals surface area contributed by atoms with Crippen molar-refractivity contribution in [1.29, 1.82) is 0 Å². The molecule has 0 fully saturated rings. The molecule has 0 aliphatic rings. The minimum atomic E-state index is 0.141. The van der Waals surface area contributed by atoms with Crippen LogP contribution in [0, 0.1) is 0 Å². The summed E-state index contributed by atoms with van der Waals surface area (Å²) < 4.78 is 0. The van der Waals surface area contributed by atoms with Gasteiger partial charge in [-0.25, -0.2) is 0 Å². The summed E-state index contributed by atoms with van der Waals surface area (Å²) in [5, 5.41) is 11.0. The van der Waals surface area contributed by atoms with Crippen LogP contribution in [0.1, 0.15) is 44.2 Å². The summed E-state index contributed by atoms with van der Waals surface area (Å²) in [4.78, 5) is 2.44. The van der Waals surface area contributed by atoms with E-state index < -0.39 is 0 Å². The molecule has 0 amide bonds. The highest BCUT2D eigenvalue weighted by Gasteiger charge is 2.19. The third-order valence-electron chi connectivity index (χ3n) is 4.41. The molecule has 2 aromatic rings. The maximum Gasteiger partial charge on any atom is 0.119 e. The van der Waals surface area contributed by atoms with Gasteiger partial charge in [0.05, 0.1) is 0 Å². The molecule has 124 valence electrons. The molecule has 0 aliphatic carbocycles. The van der Waals surface area contributed by atoms with Crippen LogP contribution in [0.2, 0.25) is 5.02 Å². The van der Waals surface area contributed by atoms with E-state index in [-0.39, 0.29) is 5.92 Å². The zero-order chi connectivity index (χ0) is 16.8. The summed E-state index contributed by atoms with van der Waals surface area (Å²) in [6.45, 7) is 8.64. The Labute approximate surface area is 144 Å². The van der Waals surface area contributed by atoms with E-state index in [0.717, 1.165) is 25.1 Å². The van der Waals surface area contributed by atoms with Crippen molar-refractivity contribution in [2.45, 2.75) is 39.2 Å². The quantitative estimate of drug-likeness (QED) is 0.744. The predicted octanol–water partition coefficient (Wildman–Crippen LogP) is 5.30. The minimum absolute atomic E-state index is 0.141. The van der Waals surface area contributed by atoms with Crippen molar-refractivity contribution >= 4 is 11.6 Å². The van der Waals surface area contributed by atoms with E-state index in [1.54, 1.807) is 12.1 Å². The third kappa shape index (κ3) is 4.73. The zero-order valence-corrected chi connectivity index (χ0v) is 14.9. The van der Waals surface area contributed by atoms with Gasteiger partial charge in [0.1, 0.15) is 5.75 Å². The van der Waals surface area contributed by atoms with Crippen LogP contribution in [0.3, 0.4) is 0 Å². The molecule has 0 radical (unpaired) electrons. The van der Waals surface area contributed by atoms with Crippen LogP contribution >= 0.6 is 11.6 Å². The smallest absolute Gasteiger partial charge is 0.119 e. The van der Waals surface area contributed by atoms with Crippen molar-refractivity contribution in [2.24, 2.45) is 0 Å². The summed E-state index contributed by atoms with van der Waals surface area (Å²) in [6.07, 6.45) is 0.948. The van der Waals surface area contributed by atoms with Gasteiger partial charge in [-0.3, -0.25) is 0 Å². The molecule has 0 spiro atoms. The van der Waals surface area contributed by atoms with Crippen molar-refractivity contribution in [3.63, 3.8) is 0 Å². The number of benzene rings is 2. The fraction of sp³-hybridized carbons (Fsp3) is 0.400. The van der Waals surface area contributed by atoms with Crippen LogP contribution in [0.15, 0.2) is 48.5 Å². The average Bonchev–Trinajstić information content (AvgIpc) is 2.55. The predicted molar refractivity (Wildman–Crippen MR) is 98.4 cm³/mol. The molecule has 1 atom stereocenters. The Morgan fingerprint density at radius 1 is 1.09 bits per heavy atom. The van der Waals surface area contributed by atoms with Crippen molar-refractivity contribution in [1.82, 2.24) is 4.90 Å². The normalized spacial score (nSPS) is 12.8. The number of hydrogen-bond donors (Lipinski definition) is 1. The van der Waals surface area contributed by atoms with Crippen molar-refractivity contribution in [2.75, 3.05) is 13.1 Å². The number of phenols is 1. The van der Waals surface area contributed by atoms with Crippen molar-refractivity contribution in [3.05, 3.63) is 64.7 Å². The number of halogens is 1. The van der Waals surface area contributed by atoms with Crippen LogP contribution in [0.4, 0.5) is 0 Å². The first-order chi connectivity index (χ1) is 11.0. The Morgan fingerprint density at radius 3 is 2.39 bits per heavy atom. The molecule has 0 unspecified atom stereocenters. The SMILES string of the molecule is CCN(CC[C@H](c1ccccc1)c1cc(Cl)ccc1O)C(C)C. The van der Waals surface area contributed by atoms with E-state index in [1.807, 2.05) is 24.3 Å². The molecule has 0 aromatic heterocycles. The Bertz CT molecular complexity index is 612. The van der Waals surface area contributed by atoms with Gasteiger partial charge in [0.15, 0.2) is 0 Å². The van der Waals surface area contributed by atoms with Gasteiger partial charge in [-0.1, -0.05) is 48.9 Å². The average molecular weight is 332 g/mol. The second kappa shape index (κ2) is 8.37. The summed E-state index contributed by atoms with van der Waals surface area (Å²) in [6, 6.07) is 16.2. The standard InChI is InChI=1S/C20H26ClNO/c1-4-22(15(2)3)13-12-18(16-8-6-5-7-9-16)19-14-17(21)10-11-20(19)23/h5-11,14-15,18,23H,4,12-13H2,1-3H3/t18-/m1/s1. The molecule has 1 N–H and O–H groups in total. The van der Waals surface area contributed by atoms with Crippen LogP contribution in [-0.4, -0.2) is 29.1 Å². The zero-order valence-electron chi connectivity index (χ0n) is 14.2. The highest BCUT2D eigenvalue weighted by Crippen LogP contribution is 2.35. The van der Waals surface area contributed by atoms with E-state index in [0.29, 0.717) is 16.8 Å². The molecule has 2 rings (SSSR count). The molecular weight excluding hydrogens is 306 g/mol. The van der Waals surface area contributed by atoms with Gasteiger partial charge < -0.3 is 10.0 Å². The topological polar surface area (TPSA) is 23.5 Å². The lowest BCUT2D eigenvalue weighted by Crippen LogP contribution is -2.32. The first kappa shape index (κ1) is 17.8. The van der Waals surface area contributed by atoms with Gasteiger partial charge in [0, 0.05) is 22.5 Å². The number of phenolic OH excluding ortho intramolecular Hbond substituents is 1. The third-order valence-corrected chi connectivity index (χ3v) is 4.64. The van der Waals surface area contributed by atoms with E-state index in [4.69, 9.17) is 11.6 Å².